The van der Waals surface area contributed by atoms with E-state index in [9.17, 15) is 0 Å². The Bertz CT molecular complexity index is 811. The average Bonchev–Trinajstić information content (AvgIpc) is 2.65. The predicted octanol–water partition coefficient (Wildman–Crippen LogP) is 5.31. The molecule has 0 bridgehead atoms. The lowest BCUT2D eigenvalue weighted by atomic mass is 10.2. The van der Waals surface area contributed by atoms with Crippen LogP contribution >= 0.6 is 56.3 Å². The monoisotopic (exact) mass is 526 g/mol. The molecular formula is C19H20Br2N4S2. The Hall–Kier alpha value is -1.22. The maximum atomic E-state index is 5.62. The Morgan fingerprint density at radius 2 is 1.33 bits per heavy atom. The molecule has 4 nitrogen and oxygen atoms in total. The Balaban J connectivity index is 1.54. The minimum absolute atomic E-state index is 0.263. The van der Waals surface area contributed by atoms with Crippen molar-refractivity contribution in [2.45, 2.75) is 13.0 Å². The molecule has 1 aliphatic heterocycles. The van der Waals surface area contributed by atoms with Gasteiger partial charge in [-0.3, -0.25) is 0 Å². The summed E-state index contributed by atoms with van der Waals surface area (Å²) in [6, 6.07) is 16.3. The molecule has 2 aromatic rings. The third kappa shape index (κ3) is 5.63. The molecule has 8 heteroatoms. The largest absolute Gasteiger partial charge is 0.345 e. The lowest BCUT2D eigenvalue weighted by Crippen LogP contribution is -2.57. The molecule has 1 atom stereocenters. The standard InChI is InChI=1S/C19H20Br2N4S2/c1-13-12-24(18(26)22-16-6-2-14(20)3-7-16)10-11-25(13)19(27)23-17-8-4-15(21)5-9-17/h2-9,13H,10-12H2,1H3,(H,22,26)(H,23,27)/t13-/m0/s1. The number of piperazine rings is 1. The van der Waals surface area contributed by atoms with Gasteiger partial charge in [-0.05, 0) is 79.9 Å². The van der Waals surface area contributed by atoms with E-state index in [2.05, 4.69) is 59.2 Å². The Kier molecular flexibility index (Phi) is 7.08. The van der Waals surface area contributed by atoms with Crippen molar-refractivity contribution in [1.29, 1.82) is 0 Å². The first kappa shape index (κ1) is 20.5. The number of nitrogens with zero attached hydrogens (tertiary/aromatic N) is 2. The van der Waals surface area contributed by atoms with E-state index in [0.717, 1.165) is 50.2 Å². The third-order valence-corrected chi connectivity index (χ3v) is 6.12. The van der Waals surface area contributed by atoms with Gasteiger partial charge in [-0.25, -0.2) is 0 Å². The van der Waals surface area contributed by atoms with Gasteiger partial charge in [-0.1, -0.05) is 31.9 Å². The number of anilines is 2. The Morgan fingerprint density at radius 1 is 0.852 bits per heavy atom. The van der Waals surface area contributed by atoms with Crippen molar-refractivity contribution >= 4 is 77.9 Å². The lowest BCUT2D eigenvalue weighted by molar-refractivity contribution is 0.200. The third-order valence-electron chi connectivity index (χ3n) is 4.37. The molecule has 0 spiro atoms. The second-order valence-corrected chi connectivity index (χ2v) is 8.97. The van der Waals surface area contributed by atoms with Gasteiger partial charge in [0.25, 0.3) is 0 Å². The van der Waals surface area contributed by atoms with E-state index in [-0.39, 0.29) is 6.04 Å². The topological polar surface area (TPSA) is 30.5 Å². The van der Waals surface area contributed by atoms with Crippen LogP contribution in [0, 0.1) is 0 Å². The van der Waals surface area contributed by atoms with Gasteiger partial charge in [-0.15, -0.1) is 0 Å². The summed E-state index contributed by atoms with van der Waals surface area (Å²) >= 11 is 18.1. The quantitative estimate of drug-likeness (QED) is 0.514. The van der Waals surface area contributed by atoms with Gasteiger partial charge in [-0.2, -0.15) is 0 Å². The van der Waals surface area contributed by atoms with Gasteiger partial charge < -0.3 is 20.4 Å². The normalized spacial score (nSPS) is 16.8. The first-order chi connectivity index (χ1) is 12.9. The fourth-order valence-corrected chi connectivity index (χ4v) is 4.11. The summed E-state index contributed by atoms with van der Waals surface area (Å²) < 4.78 is 2.10. The van der Waals surface area contributed by atoms with Crippen molar-refractivity contribution in [3.63, 3.8) is 0 Å². The second kappa shape index (κ2) is 9.32. The van der Waals surface area contributed by atoms with Gasteiger partial charge in [0.1, 0.15) is 0 Å². The zero-order chi connectivity index (χ0) is 19.4. The van der Waals surface area contributed by atoms with E-state index >= 15 is 0 Å². The summed E-state index contributed by atoms with van der Waals surface area (Å²) in [6.07, 6.45) is 0. The van der Waals surface area contributed by atoms with Crippen LogP contribution in [0.15, 0.2) is 57.5 Å². The van der Waals surface area contributed by atoms with Crippen molar-refractivity contribution in [2.24, 2.45) is 0 Å². The van der Waals surface area contributed by atoms with Crippen molar-refractivity contribution in [2.75, 3.05) is 30.3 Å². The minimum atomic E-state index is 0.263. The van der Waals surface area contributed by atoms with Crippen LogP contribution in [-0.4, -0.2) is 45.7 Å². The van der Waals surface area contributed by atoms with Crippen LogP contribution in [0.2, 0.25) is 0 Å². The summed E-state index contributed by atoms with van der Waals surface area (Å²) in [7, 11) is 0. The van der Waals surface area contributed by atoms with E-state index in [1.165, 1.54) is 0 Å². The number of rotatable bonds is 2. The highest BCUT2D eigenvalue weighted by Crippen LogP contribution is 2.18. The molecule has 1 heterocycles. The molecule has 0 amide bonds. The van der Waals surface area contributed by atoms with Crippen LogP contribution < -0.4 is 10.6 Å². The number of thiocarbonyl (C=S) groups is 2. The molecule has 3 rings (SSSR count). The summed E-state index contributed by atoms with van der Waals surface area (Å²) in [5, 5.41) is 8.13. The smallest absolute Gasteiger partial charge is 0.173 e. The van der Waals surface area contributed by atoms with Crippen molar-refractivity contribution < 1.29 is 0 Å². The molecule has 0 saturated carbocycles. The van der Waals surface area contributed by atoms with E-state index in [0.29, 0.717) is 0 Å². The summed E-state index contributed by atoms with van der Waals surface area (Å²) in [5.41, 5.74) is 1.98. The molecule has 0 radical (unpaired) electrons. The molecule has 2 aromatic carbocycles. The van der Waals surface area contributed by atoms with Gasteiger partial charge in [0.15, 0.2) is 10.2 Å². The minimum Gasteiger partial charge on any atom is -0.345 e. The van der Waals surface area contributed by atoms with E-state index in [4.69, 9.17) is 24.4 Å². The maximum Gasteiger partial charge on any atom is 0.173 e. The molecule has 1 aliphatic rings. The lowest BCUT2D eigenvalue weighted by Gasteiger charge is -2.42. The number of hydrogen-bond donors (Lipinski definition) is 2. The van der Waals surface area contributed by atoms with Gasteiger partial charge in [0, 0.05) is 46.0 Å². The summed E-state index contributed by atoms with van der Waals surface area (Å²) in [6.45, 7) is 4.65. The van der Waals surface area contributed by atoms with Crippen LogP contribution in [0.25, 0.3) is 0 Å². The van der Waals surface area contributed by atoms with Gasteiger partial charge in [0.05, 0.1) is 0 Å². The van der Waals surface area contributed by atoms with Crippen LogP contribution in [0.1, 0.15) is 6.92 Å². The van der Waals surface area contributed by atoms with Crippen molar-refractivity contribution in [3.8, 4) is 0 Å². The van der Waals surface area contributed by atoms with Gasteiger partial charge >= 0.3 is 0 Å². The average molecular weight is 528 g/mol. The number of halogens is 2. The SMILES string of the molecule is C[C@H]1CN(C(=S)Nc2ccc(Br)cc2)CCN1C(=S)Nc1ccc(Br)cc1. The Morgan fingerprint density at radius 3 is 1.81 bits per heavy atom. The fraction of sp³-hybridized carbons (Fsp3) is 0.263. The highest BCUT2D eigenvalue weighted by atomic mass is 79.9. The number of nitrogens with one attached hydrogen (secondary N) is 2. The highest BCUT2D eigenvalue weighted by molar-refractivity contribution is 9.10. The molecule has 0 aliphatic carbocycles. The molecule has 1 fully saturated rings. The second-order valence-electron chi connectivity index (χ2n) is 6.36. The van der Waals surface area contributed by atoms with Crippen LogP contribution in [0.4, 0.5) is 11.4 Å². The highest BCUT2D eigenvalue weighted by Gasteiger charge is 2.26. The van der Waals surface area contributed by atoms with Crippen LogP contribution in [0.3, 0.4) is 0 Å². The molecule has 0 aromatic heterocycles. The van der Waals surface area contributed by atoms with Crippen molar-refractivity contribution in [1.82, 2.24) is 9.80 Å². The van der Waals surface area contributed by atoms with E-state index in [1.807, 2.05) is 48.5 Å². The van der Waals surface area contributed by atoms with E-state index in [1.54, 1.807) is 0 Å². The summed E-state index contributed by atoms with van der Waals surface area (Å²) in [5.74, 6) is 0. The fourth-order valence-electron chi connectivity index (χ4n) is 2.91. The first-order valence-electron chi connectivity index (χ1n) is 8.57. The summed E-state index contributed by atoms with van der Waals surface area (Å²) in [4.78, 5) is 4.41. The molecule has 27 heavy (non-hydrogen) atoms. The number of hydrogen-bond acceptors (Lipinski definition) is 2. The molecule has 0 unspecified atom stereocenters. The zero-order valence-electron chi connectivity index (χ0n) is 14.8. The van der Waals surface area contributed by atoms with E-state index < -0.39 is 0 Å². The first-order valence-corrected chi connectivity index (χ1v) is 11.0. The molecule has 2 N–H and O–H groups in total. The maximum absolute atomic E-state index is 5.62. The zero-order valence-corrected chi connectivity index (χ0v) is 19.6. The molecular weight excluding hydrogens is 508 g/mol. The van der Waals surface area contributed by atoms with Gasteiger partial charge in [0.2, 0.25) is 0 Å². The molecule has 142 valence electrons. The van der Waals surface area contributed by atoms with Crippen LogP contribution in [-0.2, 0) is 0 Å². The molecule has 1 saturated heterocycles. The predicted molar refractivity (Wildman–Crippen MR) is 128 cm³/mol. The van der Waals surface area contributed by atoms with Crippen LogP contribution in [0.5, 0.6) is 0 Å². The Labute approximate surface area is 187 Å². The van der Waals surface area contributed by atoms with Crippen molar-refractivity contribution in [3.05, 3.63) is 57.5 Å². The number of benzene rings is 2.